The number of carbonyl (C=O) groups excluding carboxylic acids is 1. The molecule has 16 heavy (non-hydrogen) atoms. The van der Waals surface area contributed by atoms with Gasteiger partial charge in [-0.05, 0) is 19.8 Å². The highest BCUT2D eigenvalue weighted by Gasteiger charge is 2.20. The molecule has 0 saturated carbocycles. The Hall–Kier alpha value is -0.620. The summed E-state index contributed by atoms with van der Waals surface area (Å²) in [4.78, 5) is 13.4. The molecule has 96 valence electrons. The molecule has 5 nitrogen and oxygen atoms in total. The lowest BCUT2D eigenvalue weighted by molar-refractivity contribution is -0.132. The van der Waals surface area contributed by atoms with Gasteiger partial charge in [0.2, 0.25) is 5.91 Å². The van der Waals surface area contributed by atoms with E-state index in [9.17, 15) is 13.2 Å². The Labute approximate surface area is 97.9 Å². The summed E-state index contributed by atoms with van der Waals surface area (Å²) in [7, 11) is -3.05. The molecule has 0 aromatic carbocycles. The summed E-state index contributed by atoms with van der Waals surface area (Å²) in [6.07, 6.45) is 2.21. The number of hydrogen-bond donors (Lipinski definition) is 1. The minimum absolute atomic E-state index is 0.0381. The van der Waals surface area contributed by atoms with Crippen LogP contribution in [0.2, 0.25) is 0 Å². The lowest BCUT2D eigenvalue weighted by Gasteiger charge is -2.23. The molecule has 1 atom stereocenters. The zero-order valence-electron chi connectivity index (χ0n) is 10.3. The van der Waals surface area contributed by atoms with Crippen molar-refractivity contribution in [3.63, 3.8) is 0 Å². The second kappa shape index (κ2) is 6.85. The van der Waals surface area contributed by atoms with Crippen LogP contribution in [-0.4, -0.2) is 50.4 Å². The van der Waals surface area contributed by atoms with Crippen LogP contribution >= 0.6 is 0 Å². The average Bonchev–Trinajstić information content (AvgIpc) is 2.20. The van der Waals surface area contributed by atoms with Crippen LogP contribution in [0.15, 0.2) is 0 Å². The van der Waals surface area contributed by atoms with Crippen LogP contribution in [0, 0.1) is 0 Å². The van der Waals surface area contributed by atoms with Gasteiger partial charge in [-0.3, -0.25) is 4.79 Å². The van der Waals surface area contributed by atoms with Crippen LogP contribution in [0.4, 0.5) is 0 Å². The van der Waals surface area contributed by atoms with E-state index in [4.69, 9.17) is 5.73 Å². The molecule has 0 bridgehead atoms. The first-order valence-electron chi connectivity index (χ1n) is 5.53. The molecule has 0 aliphatic heterocycles. The predicted molar refractivity (Wildman–Crippen MR) is 64.8 cm³/mol. The third-order valence-corrected chi connectivity index (χ3v) is 3.28. The minimum atomic E-state index is -3.05. The van der Waals surface area contributed by atoms with Crippen molar-refractivity contribution in [2.45, 2.75) is 32.7 Å². The quantitative estimate of drug-likeness (QED) is 0.690. The first kappa shape index (κ1) is 15.4. The Morgan fingerprint density at radius 3 is 2.31 bits per heavy atom. The van der Waals surface area contributed by atoms with Gasteiger partial charge in [-0.25, -0.2) is 8.42 Å². The maximum atomic E-state index is 11.8. The molecule has 6 heteroatoms. The molecule has 0 fully saturated rings. The van der Waals surface area contributed by atoms with E-state index in [1.54, 1.807) is 4.90 Å². The van der Waals surface area contributed by atoms with Crippen molar-refractivity contribution in [1.82, 2.24) is 4.90 Å². The zero-order chi connectivity index (χ0) is 12.8. The molecular formula is C10H22N2O3S. The van der Waals surface area contributed by atoms with Crippen molar-refractivity contribution in [3.05, 3.63) is 0 Å². The van der Waals surface area contributed by atoms with Crippen LogP contribution in [0.1, 0.15) is 26.7 Å². The predicted octanol–water partition coefficient (Wildman–Crippen LogP) is 0.00690. The first-order valence-corrected chi connectivity index (χ1v) is 7.60. The van der Waals surface area contributed by atoms with Crippen LogP contribution in [0.25, 0.3) is 0 Å². The smallest absolute Gasteiger partial charge is 0.239 e. The lowest BCUT2D eigenvalue weighted by Crippen LogP contribution is -2.44. The van der Waals surface area contributed by atoms with Crippen LogP contribution < -0.4 is 5.73 Å². The van der Waals surface area contributed by atoms with Crippen LogP contribution in [0.3, 0.4) is 0 Å². The molecular weight excluding hydrogens is 228 g/mol. The van der Waals surface area contributed by atoms with Crippen molar-refractivity contribution in [2.24, 2.45) is 5.73 Å². The van der Waals surface area contributed by atoms with E-state index in [1.807, 2.05) is 13.8 Å². The van der Waals surface area contributed by atoms with Gasteiger partial charge in [-0.15, -0.1) is 0 Å². The van der Waals surface area contributed by atoms with Gasteiger partial charge in [0.05, 0.1) is 11.8 Å². The SMILES string of the molecule is CCCN(CC)C(=O)C(N)CCS(C)(=O)=O. The summed E-state index contributed by atoms with van der Waals surface area (Å²) in [6, 6.07) is -0.707. The van der Waals surface area contributed by atoms with E-state index in [0.29, 0.717) is 13.1 Å². The standard InChI is InChI=1S/C10H22N2O3S/c1-4-7-12(5-2)10(13)9(11)6-8-16(3,14)15/h9H,4-8,11H2,1-3H3. The van der Waals surface area contributed by atoms with Gasteiger partial charge < -0.3 is 10.6 Å². The summed E-state index contributed by atoms with van der Waals surface area (Å²) >= 11 is 0. The lowest BCUT2D eigenvalue weighted by atomic mass is 10.2. The molecule has 0 heterocycles. The Balaban J connectivity index is 4.26. The maximum Gasteiger partial charge on any atom is 0.239 e. The molecule has 0 saturated heterocycles. The second-order valence-electron chi connectivity index (χ2n) is 3.94. The van der Waals surface area contributed by atoms with Gasteiger partial charge in [0, 0.05) is 19.3 Å². The summed E-state index contributed by atoms with van der Waals surface area (Å²) in [6.45, 7) is 5.15. The fourth-order valence-electron chi connectivity index (χ4n) is 1.39. The third-order valence-electron chi connectivity index (χ3n) is 2.30. The summed E-state index contributed by atoms with van der Waals surface area (Å²) < 4.78 is 21.9. The number of hydrogen-bond acceptors (Lipinski definition) is 4. The van der Waals surface area contributed by atoms with Crippen molar-refractivity contribution in [3.8, 4) is 0 Å². The number of carbonyl (C=O) groups is 1. The molecule has 0 aliphatic rings. The largest absolute Gasteiger partial charge is 0.342 e. The van der Waals surface area contributed by atoms with Crippen LogP contribution in [0.5, 0.6) is 0 Å². The van der Waals surface area contributed by atoms with Crippen LogP contribution in [-0.2, 0) is 14.6 Å². The van der Waals surface area contributed by atoms with E-state index >= 15 is 0 Å². The number of nitrogens with two attached hydrogens (primary N) is 1. The summed E-state index contributed by atoms with van der Waals surface area (Å²) in [5.74, 6) is -0.197. The normalized spacial score (nSPS) is 13.5. The number of sulfone groups is 1. The molecule has 0 radical (unpaired) electrons. The molecule has 2 N–H and O–H groups in total. The maximum absolute atomic E-state index is 11.8. The summed E-state index contributed by atoms with van der Waals surface area (Å²) in [5.41, 5.74) is 5.68. The highest BCUT2D eigenvalue weighted by Crippen LogP contribution is 2.01. The number of rotatable bonds is 7. The summed E-state index contributed by atoms with van der Waals surface area (Å²) in [5, 5.41) is 0. The second-order valence-corrected chi connectivity index (χ2v) is 6.20. The molecule has 1 unspecified atom stereocenters. The molecule has 0 aliphatic carbocycles. The number of amides is 1. The Bertz CT molecular complexity index is 314. The van der Waals surface area contributed by atoms with Gasteiger partial charge >= 0.3 is 0 Å². The van der Waals surface area contributed by atoms with E-state index < -0.39 is 15.9 Å². The van der Waals surface area contributed by atoms with Gasteiger partial charge in [-0.2, -0.15) is 0 Å². The molecule has 1 amide bonds. The topological polar surface area (TPSA) is 80.5 Å². The van der Waals surface area contributed by atoms with Gasteiger partial charge in [-0.1, -0.05) is 6.92 Å². The molecule has 0 rings (SSSR count). The highest BCUT2D eigenvalue weighted by atomic mass is 32.2. The molecule has 0 aromatic heterocycles. The monoisotopic (exact) mass is 250 g/mol. The number of nitrogens with zero attached hydrogens (tertiary/aromatic N) is 1. The van der Waals surface area contributed by atoms with E-state index in [0.717, 1.165) is 12.7 Å². The Morgan fingerprint density at radius 2 is 1.94 bits per heavy atom. The Morgan fingerprint density at radius 1 is 1.38 bits per heavy atom. The third kappa shape index (κ3) is 6.07. The van der Waals surface area contributed by atoms with Crippen molar-refractivity contribution in [1.29, 1.82) is 0 Å². The van der Waals surface area contributed by atoms with Crippen molar-refractivity contribution in [2.75, 3.05) is 25.1 Å². The van der Waals surface area contributed by atoms with Crippen molar-refractivity contribution >= 4 is 15.7 Å². The molecule has 0 aromatic rings. The van der Waals surface area contributed by atoms with E-state index in [1.165, 1.54) is 0 Å². The Kier molecular flexibility index (Phi) is 6.59. The number of likely N-dealkylation sites (N-methyl/N-ethyl adjacent to an activating group) is 1. The minimum Gasteiger partial charge on any atom is -0.342 e. The zero-order valence-corrected chi connectivity index (χ0v) is 11.1. The fourth-order valence-corrected chi connectivity index (χ4v) is 2.08. The molecule has 0 spiro atoms. The van der Waals surface area contributed by atoms with E-state index in [2.05, 4.69) is 0 Å². The van der Waals surface area contributed by atoms with Gasteiger partial charge in [0.25, 0.3) is 0 Å². The van der Waals surface area contributed by atoms with Gasteiger partial charge in [0.1, 0.15) is 9.84 Å². The van der Waals surface area contributed by atoms with Crippen molar-refractivity contribution < 1.29 is 13.2 Å². The first-order chi connectivity index (χ1) is 7.31. The highest BCUT2D eigenvalue weighted by molar-refractivity contribution is 7.90. The van der Waals surface area contributed by atoms with Gasteiger partial charge in [0.15, 0.2) is 0 Å². The fraction of sp³-hybridized carbons (Fsp3) is 0.900. The van der Waals surface area contributed by atoms with E-state index in [-0.39, 0.29) is 18.1 Å². The average molecular weight is 250 g/mol.